The summed E-state index contributed by atoms with van der Waals surface area (Å²) in [5, 5.41) is 12.8. The second-order valence-corrected chi connectivity index (χ2v) is 10.5. The van der Waals surface area contributed by atoms with E-state index < -0.39 is 12.7 Å². The first kappa shape index (κ1) is 25.8. The van der Waals surface area contributed by atoms with Crippen molar-refractivity contribution < 1.29 is 18.0 Å². The van der Waals surface area contributed by atoms with E-state index in [-0.39, 0.29) is 29.4 Å². The molecule has 0 unspecified atom stereocenters. The molecule has 38 heavy (non-hydrogen) atoms. The third-order valence-corrected chi connectivity index (χ3v) is 8.23. The SMILES string of the molecule is CN1C(=C2SC(=Nc3cc(C#N)ccc3NCC(F)(F)F)N(Cc3ccccc3)C2=O)Sc2ccccc21. The lowest BCUT2D eigenvalue weighted by atomic mass is 10.2. The Morgan fingerprint density at radius 1 is 1.03 bits per heavy atom. The van der Waals surface area contributed by atoms with Crippen molar-refractivity contribution in [3.05, 3.63) is 93.9 Å². The second kappa shape index (κ2) is 10.5. The van der Waals surface area contributed by atoms with Gasteiger partial charge in [-0.2, -0.15) is 18.4 Å². The molecule has 0 aromatic heterocycles. The van der Waals surface area contributed by atoms with Gasteiger partial charge < -0.3 is 10.2 Å². The molecule has 3 aromatic carbocycles. The van der Waals surface area contributed by atoms with Crippen LogP contribution in [0.2, 0.25) is 0 Å². The normalized spacial score (nSPS) is 18.2. The number of benzene rings is 3. The average molecular weight is 552 g/mol. The number of rotatable bonds is 5. The largest absolute Gasteiger partial charge is 0.405 e. The number of nitrogens with zero attached hydrogens (tertiary/aromatic N) is 4. The number of halogens is 3. The van der Waals surface area contributed by atoms with Gasteiger partial charge in [-0.05, 0) is 47.7 Å². The first-order valence-electron chi connectivity index (χ1n) is 11.5. The molecule has 5 rings (SSSR count). The lowest BCUT2D eigenvalue weighted by Crippen LogP contribution is -2.29. The number of carbonyl (C=O) groups excluding carboxylic acids is 1. The number of carbonyl (C=O) groups is 1. The Labute approximate surface area is 225 Å². The zero-order valence-electron chi connectivity index (χ0n) is 20.0. The summed E-state index contributed by atoms with van der Waals surface area (Å²) in [4.78, 5) is 23.4. The Hall–Kier alpha value is -3.88. The topological polar surface area (TPSA) is 71.7 Å². The molecule has 0 bridgehead atoms. The third kappa shape index (κ3) is 5.37. The molecule has 2 heterocycles. The molecule has 0 saturated carbocycles. The van der Waals surface area contributed by atoms with Crippen molar-refractivity contribution in [2.75, 3.05) is 23.8 Å². The van der Waals surface area contributed by atoms with E-state index in [1.54, 1.807) is 0 Å². The van der Waals surface area contributed by atoms with Crippen molar-refractivity contribution in [2.45, 2.75) is 17.6 Å². The number of amides is 1. The Morgan fingerprint density at radius 2 is 1.76 bits per heavy atom. The quantitative estimate of drug-likeness (QED) is 0.356. The van der Waals surface area contributed by atoms with Gasteiger partial charge in [-0.15, -0.1) is 0 Å². The average Bonchev–Trinajstić information content (AvgIpc) is 3.39. The van der Waals surface area contributed by atoms with E-state index in [1.165, 1.54) is 46.6 Å². The number of anilines is 2. The number of thioether (sulfide) groups is 2. The van der Waals surface area contributed by atoms with Gasteiger partial charge in [0.2, 0.25) is 0 Å². The summed E-state index contributed by atoms with van der Waals surface area (Å²) in [5.74, 6) is -0.249. The number of nitrogens with one attached hydrogen (secondary N) is 1. The molecule has 1 amide bonds. The van der Waals surface area contributed by atoms with Gasteiger partial charge in [0.15, 0.2) is 5.17 Å². The van der Waals surface area contributed by atoms with Crippen LogP contribution in [-0.2, 0) is 11.3 Å². The third-order valence-electron chi connectivity index (χ3n) is 5.80. The lowest BCUT2D eigenvalue weighted by molar-refractivity contribution is -0.122. The van der Waals surface area contributed by atoms with Gasteiger partial charge >= 0.3 is 6.18 Å². The van der Waals surface area contributed by atoms with E-state index in [4.69, 9.17) is 0 Å². The minimum absolute atomic E-state index is 0.113. The summed E-state index contributed by atoms with van der Waals surface area (Å²) in [6.45, 7) is -1.03. The number of hydrogen-bond acceptors (Lipinski definition) is 7. The van der Waals surface area contributed by atoms with Gasteiger partial charge in [-0.3, -0.25) is 9.69 Å². The minimum atomic E-state index is -4.44. The smallest absolute Gasteiger partial charge is 0.375 e. The standard InChI is InChI=1S/C27H20F3N5OS2/c1-34-21-9-5-6-10-22(21)37-25(34)23-24(36)35(15-17-7-3-2-4-8-17)26(38-23)33-20-13-18(14-31)11-12-19(20)32-16-27(28,29)30/h2-13,32H,15-16H2,1H3. The Kier molecular flexibility index (Phi) is 7.10. The number of para-hydroxylation sites is 1. The van der Waals surface area contributed by atoms with Gasteiger partial charge in [-0.25, -0.2) is 4.99 Å². The van der Waals surface area contributed by atoms with Gasteiger partial charge in [0.1, 0.15) is 11.4 Å². The van der Waals surface area contributed by atoms with Crippen LogP contribution in [0.25, 0.3) is 0 Å². The van der Waals surface area contributed by atoms with Gasteiger partial charge in [0.25, 0.3) is 5.91 Å². The minimum Gasteiger partial charge on any atom is -0.375 e. The van der Waals surface area contributed by atoms with Crippen LogP contribution in [0.1, 0.15) is 11.1 Å². The molecule has 0 atom stereocenters. The summed E-state index contributed by atoms with van der Waals surface area (Å²) in [5.41, 5.74) is 2.35. The second-order valence-electron chi connectivity index (χ2n) is 8.45. The van der Waals surface area contributed by atoms with Crippen LogP contribution in [-0.4, -0.2) is 35.7 Å². The van der Waals surface area contributed by atoms with E-state index in [9.17, 15) is 23.2 Å². The summed E-state index contributed by atoms with van der Waals surface area (Å²) >= 11 is 2.65. The molecule has 11 heteroatoms. The Morgan fingerprint density at radius 3 is 2.47 bits per heavy atom. The number of nitriles is 1. The molecule has 0 spiro atoms. The zero-order chi connectivity index (χ0) is 26.9. The van der Waals surface area contributed by atoms with E-state index in [0.717, 1.165) is 21.2 Å². The first-order chi connectivity index (χ1) is 18.2. The fraction of sp³-hybridized carbons (Fsp3) is 0.148. The molecule has 0 radical (unpaired) electrons. The van der Waals surface area contributed by atoms with Crippen molar-refractivity contribution >= 4 is 51.7 Å². The van der Waals surface area contributed by atoms with Crippen LogP contribution in [0.15, 0.2) is 92.6 Å². The van der Waals surface area contributed by atoms with Gasteiger partial charge in [0.05, 0.1) is 40.3 Å². The summed E-state index contributed by atoms with van der Waals surface area (Å²) in [6, 6.07) is 23.4. The molecule has 2 aliphatic rings. The van der Waals surface area contributed by atoms with Crippen LogP contribution in [0, 0.1) is 11.3 Å². The maximum absolute atomic E-state index is 13.8. The van der Waals surface area contributed by atoms with E-state index in [0.29, 0.717) is 10.1 Å². The van der Waals surface area contributed by atoms with Crippen LogP contribution in [0.5, 0.6) is 0 Å². The zero-order valence-corrected chi connectivity index (χ0v) is 21.6. The van der Waals surface area contributed by atoms with Crippen LogP contribution in [0.3, 0.4) is 0 Å². The maximum Gasteiger partial charge on any atom is 0.405 e. The van der Waals surface area contributed by atoms with E-state index in [2.05, 4.69) is 10.3 Å². The van der Waals surface area contributed by atoms with E-state index in [1.807, 2.05) is 72.6 Å². The van der Waals surface area contributed by atoms with Crippen molar-refractivity contribution in [3.8, 4) is 6.07 Å². The summed E-state index contributed by atoms with van der Waals surface area (Å²) < 4.78 is 38.8. The van der Waals surface area contributed by atoms with Gasteiger partial charge in [0, 0.05) is 11.9 Å². The molecule has 192 valence electrons. The number of hydrogen-bond donors (Lipinski definition) is 1. The van der Waals surface area contributed by atoms with Crippen molar-refractivity contribution in [3.63, 3.8) is 0 Å². The Bertz CT molecular complexity index is 1500. The van der Waals surface area contributed by atoms with Crippen molar-refractivity contribution in [1.82, 2.24) is 4.90 Å². The summed E-state index contributed by atoms with van der Waals surface area (Å²) in [6.07, 6.45) is -4.44. The predicted octanol–water partition coefficient (Wildman–Crippen LogP) is 6.71. The number of amidine groups is 1. The molecule has 6 nitrogen and oxygen atoms in total. The number of alkyl halides is 3. The van der Waals surface area contributed by atoms with Crippen LogP contribution in [0.4, 0.5) is 30.2 Å². The molecule has 3 aromatic rings. The molecule has 2 aliphatic heterocycles. The molecular formula is C27H20F3N5OS2. The van der Waals surface area contributed by atoms with E-state index >= 15 is 0 Å². The monoisotopic (exact) mass is 551 g/mol. The maximum atomic E-state index is 13.8. The van der Waals surface area contributed by atoms with Crippen molar-refractivity contribution in [2.24, 2.45) is 4.99 Å². The number of fused-ring (bicyclic) bond motifs is 1. The fourth-order valence-electron chi connectivity index (χ4n) is 3.97. The van der Waals surface area contributed by atoms with Crippen LogP contribution < -0.4 is 10.2 Å². The lowest BCUT2D eigenvalue weighted by Gasteiger charge is -2.17. The summed E-state index contributed by atoms with van der Waals surface area (Å²) in [7, 11) is 1.89. The molecule has 1 fully saturated rings. The highest BCUT2D eigenvalue weighted by Gasteiger charge is 2.39. The predicted molar refractivity (Wildman–Crippen MR) is 145 cm³/mol. The highest BCUT2D eigenvalue weighted by Crippen LogP contribution is 2.50. The molecule has 1 N–H and O–H groups in total. The highest BCUT2D eigenvalue weighted by molar-refractivity contribution is 8.19. The fourth-order valence-corrected chi connectivity index (χ4v) is 6.30. The number of aliphatic imine (C=N–C) groups is 1. The molecule has 0 aliphatic carbocycles. The first-order valence-corrected chi connectivity index (χ1v) is 13.1. The van der Waals surface area contributed by atoms with Crippen molar-refractivity contribution in [1.29, 1.82) is 5.26 Å². The molecule has 1 saturated heterocycles. The highest BCUT2D eigenvalue weighted by atomic mass is 32.2. The molecular weight excluding hydrogens is 531 g/mol. The Balaban J connectivity index is 1.57. The van der Waals surface area contributed by atoms with Crippen LogP contribution >= 0.6 is 23.5 Å². The van der Waals surface area contributed by atoms with Gasteiger partial charge in [-0.1, -0.05) is 54.2 Å².